The molecule has 2 N–H and O–H groups in total. The van der Waals surface area contributed by atoms with Crippen molar-refractivity contribution < 1.29 is 14.3 Å². The number of ether oxygens (including phenoxy) is 1. The first-order valence-corrected chi connectivity index (χ1v) is 13.7. The molecule has 9 nitrogen and oxygen atoms in total. The van der Waals surface area contributed by atoms with E-state index in [1.807, 2.05) is 59.2 Å². The average Bonchev–Trinajstić information content (AvgIpc) is 3.54. The van der Waals surface area contributed by atoms with Gasteiger partial charge in [0.25, 0.3) is 5.91 Å². The first-order chi connectivity index (χ1) is 18.5. The second kappa shape index (κ2) is 12.1. The second-order valence-corrected chi connectivity index (χ2v) is 10.3. The number of rotatable bonds is 10. The lowest BCUT2D eigenvalue weighted by molar-refractivity contribution is -0.123. The highest BCUT2D eigenvalue weighted by molar-refractivity contribution is 7.99. The van der Waals surface area contributed by atoms with E-state index in [2.05, 4.69) is 25.8 Å². The Hall–Kier alpha value is -3.93. The predicted octanol–water partition coefficient (Wildman–Crippen LogP) is 4.96. The molecule has 0 bridgehead atoms. The average molecular weight is 565 g/mol. The molecule has 0 aliphatic rings. The smallest absolute Gasteiger partial charge is 0.258 e. The zero-order valence-corrected chi connectivity index (χ0v) is 22.2. The third-order valence-electron chi connectivity index (χ3n) is 5.21. The molecule has 2 amide bonds. The first kappa shape index (κ1) is 25.7. The third kappa shape index (κ3) is 6.49. The molecule has 5 rings (SSSR count). The number of benzene rings is 3. The molecule has 0 unspecified atom stereocenters. The van der Waals surface area contributed by atoms with E-state index in [0.717, 1.165) is 15.9 Å². The topological polar surface area (TPSA) is 111 Å². The highest BCUT2D eigenvalue weighted by Crippen LogP contribution is 2.26. The molecule has 0 aliphatic carbocycles. The number of nitrogens with zero attached hydrogens (tertiary/aromatic N) is 4. The summed E-state index contributed by atoms with van der Waals surface area (Å²) in [6, 6.07) is 24.0. The van der Waals surface area contributed by atoms with Crippen LogP contribution in [0.2, 0.25) is 5.02 Å². The van der Waals surface area contributed by atoms with E-state index in [-0.39, 0.29) is 30.7 Å². The Bertz CT molecular complexity index is 1520. The molecule has 0 saturated carbocycles. The molecule has 2 heterocycles. The Kier molecular flexibility index (Phi) is 8.17. The zero-order valence-electron chi connectivity index (χ0n) is 19.8. The monoisotopic (exact) mass is 564 g/mol. The summed E-state index contributed by atoms with van der Waals surface area (Å²) in [5.74, 6) is 0.658. The van der Waals surface area contributed by atoms with E-state index in [1.165, 1.54) is 23.1 Å². The summed E-state index contributed by atoms with van der Waals surface area (Å²) in [7, 11) is 0. The van der Waals surface area contributed by atoms with Gasteiger partial charge in [-0.05, 0) is 48.5 Å². The number of halogens is 1. The number of carbonyl (C=O) groups is 2. The summed E-state index contributed by atoms with van der Waals surface area (Å²) in [6.07, 6.45) is 0. The second-order valence-electron chi connectivity index (χ2n) is 7.91. The molecule has 0 aliphatic heterocycles. The third-order valence-corrected chi connectivity index (χ3v) is 7.35. The van der Waals surface area contributed by atoms with E-state index in [9.17, 15) is 9.59 Å². The molecule has 5 aromatic rings. The fourth-order valence-corrected chi connectivity index (χ4v) is 5.24. The Labute approximate surface area is 231 Å². The van der Waals surface area contributed by atoms with Crippen LogP contribution < -0.4 is 15.4 Å². The highest BCUT2D eigenvalue weighted by Gasteiger charge is 2.17. The molecule has 0 saturated heterocycles. The van der Waals surface area contributed by atoms with Crippen LogP contribution in [-0.2, 0) is 16.1 Å². The lowest BCUT2D eigenvalue weighted by atomic mass is 10.3. The number of nitrogens with one attached hydrogen (secondary N) is 2. The van der Waals surface area contributed by atoms with Crippen molar-refractivity contribution in [3.63, 3.8) is 0 Å². The Morgan fingerprint density at radius 1 is 0.947 bits per heavy atom. The van der Waals surface area contributed by atoms with Gasteiger partial charge in [-0.25, -0.2) is 4.98 Å². The number of anilines is 1. The van der Waals surface area contributed by atoms with Crippen molar-refractivity contribution in [1.29, 1.82) is 0 Å². The molecule has 0 radical (unpaired) electrons. The molecular weight excluding hydrogens is 544 g/mol. The van der Waals surface area contributed by atoms with Crippen LogP contribution in [0.3, 0.4) is 0 Å². The van der Waals surface area contributed by atoms with Gasteiger partial charge in [0, 0.05) is 10.7 Å². The quantitative estimate of drug-likeness (QED) is 0.231. The minimum Gasteiger partial charge on any atom is -0.484 e. The van der Waals surface area contributed by atoms with E-state index >= 15 is 0 Å². The minimum atomic E-state index is -0.313. The molecule has 0 atom stereocenters. The van der Waals surface area contributed by atoms with Crippen LogP contribution in [0.5, 0.6) is 5.75 Å². The van der Waals surface area contributed by atoms with Gasteiger partial charge < -0.3 is 15.4 Å². The number of thioether (sulfide) groups is 1. The van der Waals surface area contributed by atoms with Crippen LogP contribution in [0.15, 0.2) is 84.0 Å². The van der Waals surface area contributed by atoms with Gasteiger partial charge in [0.05, 0.1) is 22.5 Å². The molecule has 0 fully saturated rings. The van der Waals surface area contributed by atoms with E-state index in [0.29, 0.717) is 26.9 Å². The van der Waals surface area contributed by atoms with Crippen molar-refractivity contribution in [2.24, 2.45) is 0 Å². The van der Waals surface area contributed by atoms with Crippen LogP contribution in [0.4, 0.5) is 5.13 Å². The lowest BCUT2D eigenvalue weighted by Crippen LogP contribution is -2.29. The summed E-state index contributed by atoms with van der Waals surface area (Å²) < 4.78 is 8.32. The summed E-state index contributed by atoms with van der Waals surface area (Å²) in [4.78, 5) is 29.5. The van der Waals surface area contributed by atoms with Gasteiger partial charge in [0.2, 0.25) is 5.91 Å². The normalized spacial score (nSPS) is 10.9. The van der Waals surface area contributed by atoms with Crippen molar-refractivity contribution >= 4 is 61.9 Å². The number of aromatic nitrogens is 4. The van der Waals surface area contributed by atoms with Gasteiger partial charge >= 0.3 is 0 Å². The number of fused-ring (bicyclic) bond motifs is 1. The van der Waals surface area contributed by atoms with Crippen LogP contribution in [0.1, 0.15) is 5.82 Å². The highest BCUT2D eigenvalue weighted by atomic mass is 35.5. The standard InChI is InChI=1S/C26H21ClN6O3S2/c27-17-10-12-19(13-11-17)36-15-23(34)28-14-22-31-32-26(33(22)18-6-2-1-3-7-18)37-16-24(35)30-25-29-20-8-4-5-9-21(20)38-25/h1-13H,14-16H2,(H,28,34)(H,29,30,35). The van der Waals surface area contributed by atoms with Crippen LogP contribution in [0.25, 0.3) is 15.9 Å². The van der Waals surface area contributed by atoms with Crippen molar-refractivity contribution in [2.45, 2.75) is 11.7 Å². The summed E-state index contributed by atoms with van der Waals surface area (Å²) >= 11 is 8.54. The number of hydrogen-bond donors (Lipinski definition) is 2. The van der Waals surface area contributed by atoms with Crippen molar-refractivity contribution in [3.8, 4) is 11.4 Å². The number of hydrogen-bond acceptors (Lipinski definition) is 8. The summed E-state index contributed by atoms with van der Waals surface area (Å²) in [5.41, 5.74) is 1.66. The largest absolute Gasteiger partial charge is 0.484 e. The van der Waals surface area contributed by atoms with Crippen LogP contribution in [-0.4, -0.2) is 43.9 Å². The fraction of sp³-hybridized carbons (Fsp3) is 0.115. The van der Waals surface area contributed by atoms with Crippen molar-refractivity contribution in [1.82, 2.24) is 25.1 Å². The fourth-order valence-electron chi connectivity index (χ4n) is 3.46. The van der Waals surface area contributed by atoms with Crippen molar-refractivity contribution in [2.75, 3.05) is 17.7 Å². The molecule has 192 valence electrons. The SMILES string of the molecule is O=C(COc1ccc(Cl)cc1)NCc1nnc(SCC(=O)Nc2nc3ccccc3s2)n1-c1ccccc1. The number of thiazole rings is 1. The van der Waals surface area contributed by atoms with Gasteiger partial charge in [-0.15, -0.1) is 10.2 Å². The van der Waals surface area contributed by atoms with Gasteiger partial charge in [-0.1, -0.05) is 65.0 Å². The van der Waals surface area contributed by atoms with Gasteiger partial charge in [-0.3, -0.25) is 14.2 Å². The number of para-hydroxylation sites is 2. The molecule has 3 aromatic carbocycles. The van der Waals surface area contributed by atoms with Gasteiger partial charge in [-0.2, -0.15) is 0 Å². The van der Waals surface area contributed by atoms with Gasteiger partial charge in [0.15, 0.2) is 22.7 Å². The summed E-state index contributed by atoms with van der Waals surface area (Å²) in [6.45, 7) is -0.0299. The molecular formula is C26H21ClN6O3S2. The molecule has 38 heavy (non-hydrogen) atoms. The molecule has 2 aromatic heterocycles. The maximum Gasteiger partial charge on any atom is 0.258 e. The van der Waals surface area contributed by atoms with Crippen LogP contribution in [0, 0.1) is 0 Å². The maximum atomic E-state index is 12.6. The number of carbonyl (C=O) groups excluding carboxylic acids is 2. The van der Waals surface area contributed by atoms with Crippen molar-refractivity contribution in [3.05, 3.63) is 89.7 Å². The lowest BCUT2D eigenvalue weighted by Gasteiger charge is -2.11. The van der Waals surface area contributed by atoms with E-state index in [1.54, 1.807) is 24.3 Å². The Morgan fingerprint density at radius 2 is 1.71 bits per heavy atom. The molecule has 12 heteroatoms. The van der Waals surface area contributed by atoms with E-state index < -0.39 is 0 Å². The van der Waals surface area contributed by atoms with Crippen LogP contribution >= 0.6 is 34.7 Å². The predicted molar refractivity (Wildman–Crippen MR) is 149 cm³/mol. The van der Waals surface area contributed by atoms with E-state index in [4.69, 9.17) is 16.3 Å². The number of amides is 2. The zero-order chi connectivity index (χ0) is 26.3. The molecule has 0 spiro atoms. The maximum absolute atomic E-state index is 12.6. The Balaban J connectivity index is 1.22. The summed E-state index contributed by atoms with van der Waals surface area (Å²) in [5, 5.41) is 15.9. The minimum absolute atomic E-state index is 0.113. The Morgan fingerprint density at radius 3 is 2.50 bits per heavy atom. The first-order valence-electron chi connectivity index (χ1n) is 11.5. The van der Waals surface area contributed by atoms with Gasteiger partial charge in [0.1, 0.15) is 5.75 Å².